The van der Waals surface area contributed by atoms with Crippen molar-refractivity contribution in [2.45, 2.75) is 348 Å². The lowest BCUT2D eigenvalue weighted by Gasteiger charge is -2.32. The van der Waals surface area contributed by atoms with Crippen molar-refractivity contribution in [2.24, 2.45) is 0 Å². The van der Waals surface area contributed by atoms with Gasteiger partial charge < -0.3 is 24.6 Å². The molecule has 0 aliphatic carbocycles. The normalized spacial score (nSPS) is 12.3. The molecule has 0 saturated carbocycles. The Morgan fingerprint density at radius 2 is 0.797 bits per heavy atom. The monoisotopic (exact) mass is 1110 g/mol. The zero-order valence-corrected chi connectivity index (χ0v) is 53.2. The summed E-state index contributed by atoms with van der Waals surface area (Å²) in [4.78, 5) is 58.0. The number of allylic oxidation sites excluding steroid dienone is 6. The van der Waals surface area contributed by atoms with Crippen molar-refractivity contribution < 1.29 is 28.7 Å². The van der Waals surface area contributed by atoms with Gasteiger partial charge in [0.25, 0.3) is 0 Å². The first-order valence-corrected chi connectivity index (χ1v) is 34.2. The van der Waals surface area contributed by atoms with Crippen LogP contribution in [0.2, 0.25) is 0 Å². The summed E-state index contributed by atoms with van der Waals surface area (Å²) in [5.74, 6) is -0.369. The minimum absolute atomic E-state index is 0.0168. The van der Waals surface area contributed by atoms with E-state index in [4.69, 9.17) is 9.47 Å². The molecule has 0 aliphatic rings. The molecule has 462 valence electrons. The summed E-state index contributed by atoms with van der Waals surface area (Å²) in [6.07, 6.45) is 65.7. The first kappa shape index (κ1) is 76.1. The number of amides is 2. The molecular weight excluding hydrogens is 979 g/mol. The Labute approximate surface area is 490 Å². The highest BCUT2D eigenvalue weighted by molar-refractivity contribution is 5.87. The fourth-order valence-corrected chi connectivity index (χ4v) is 10.3. The van der Waals surface area contributed by atoms with E-state index in [0.29, 0.717) is 64.8 Å². The van der Waals surface area contributed by atoms with Crippen LogP contribution in [0.15, 0.2) is 36.5 Å². The van der Waals surface area contributed by atoms with Crippen molar-refractivity contribution in [1.29, 1.82) is 0 Å². The molecule has 0 bridgehead atoms. The number of nitrogens with zero attached hydrogens (tertiary/aromatic N) is 2. The summed E-state index contributed by atoms with van der Waals surface area (Å²) in [6.45, 7) is 11.1. The number of ether oxygens (including phenoxy) is 2. The molecule has 0 aliphatic heterocycles. The number of likely N-dealkylation sites (N-methyl/N-ethyl adjacent to an activating group) is 1. The number of esters is 2. The van der Waals surface area contributed by atoms with Gasteiger partial charge in [0.1, 0.15) is 12.1 Å². The Bertz CT molecular complexity index is 1430. The van der Waals surface area contributed by atoms with E-state index < -0.39 is 6.04 Å². The van der Waals surface area contributed by atoms with E-state index in [0.717, 1.165) is 89.9 Å². The van der Waals surface area contributed by atoms with Crippen LogP contribution in [0, 0.1) is 0 Å². The molecule has 0 spiro atoms. The molecule has 2 amide bonds. The van der Waals surface area contributed by atoms with Gasteiger partial charge >= 0.3 is 11.9 Å². The van der Waals surface area contributed by atoms with Gasteiger partial charge in [-0.1, -0.05) is 225 Å². The van der Waals surface area contributed by atoms with Crippen LogP contribution in [0.4, 0.5) is 0 Å². The molecular formula is C70H131N3O6. The van der Waals surface area contributed by atoms with Crippen molar-refractivity contribution in [3.05, 3.63) is 36.5 Å². The van der Waals surface area contributed by atoms with Gasteiger partial charge in [0.15, 0.2) is 0 Å². The zero-order chi connectivity index (χ0) is 57.8. The zero-order valence-electron chi connectivity index (χ0n) is 53.2. The third-order valence-corrected chi connectivity index (χ3v) is 15.6. The molecule has 0 aromatic carbocycles. The molecule has 0 radical (unpaired) electrons. The van der Waals surface area contributed by atoms with E-state index in [2.05, 4.69) is 74.4 Å². The van der Waals surface area contributed by atoms with Crippen molar-refractivity contribution >= 4 is 23.8 Å². The molecule has 0 fully saturated rings. The molecule has 79 heavy (non-hydrogen) atoms. The predicted molar refractivity (Wildman–Crippen MR) is 340 cm³/mol. The third kappa shape index (κ3) is 54.1. The van der Waals surface area contributed by atoms with Crippen LogP contribution in [0.25, 0.3) is 0 Å². The quantitative estimate of drug-likeness (QED) is 0.0367. The number of carbonyl (C=O) groups is 4. The maximum Gasteiger partial charge on any atom is 0.306 e. The highest BCUT2D eigenvalue weighted by Crippen LogP contribution is 2.20. The minimum Gasteiger partial charge on any atom is -0.466 e. The molecule has 1 atom stereocenters. The third-order valence-electron chi connectivity index (χ3n) is 15.6. The molecule has 0 rings (SSSR count). The Morgan fingerprint density at radius 3 is 1.33 bits per heavy atom. The van der Waals surface area contributed by atoms with Crippen LogP contribution < -0.4 is 5.32 Å². The standard InChI is InChI=1S/C70H131N3O6/c1-7-11-15-19-23-25-27-29-31-33-35-37-39-41-45-53-61-71-70(77)66(57-49-46-54-64-78-68(75)59-50-44-40-38-36-34-32-30-28-26-24-20-16-12-8-2)73(63-62-72(5)6)67(74)58-51-52-60-69(76)79-65(55-47-42-21-17-13-9-3)56-48-43-22-18-14-10-4/h24,26,29-32,65-66H,7-23,25,27-28,33-64H2,1-6H3,(H,71,77)/b26-24-,31-29-,32-30-. The van der Waals surface area contributed by atoms with E-state index in [1.54, 1.807) is 0 Å². The van der Waals surface area contributed by atoms with Gasteiger partial charge in [0.2, 0.25) is 11.8 Å². The van der Waals surface area contributed by atoms with E-state index in [-0.39, 0.29) is 29.9 Å². The van der Waals surface area contributed by atoms with Gasteiger partial charge in [-0.15, -0.1) is 0 Å². The fourth-order valence-electron chi connectivity index (χ4n) is 10.3. The molecule has 0 aromatic rings. The first-order chi connectivity index (χ1) is 38.7. The van der Waals surface area contributed by atoms with Crippen LogP contribution in [-0.4, -0.2) is 86.0 Å². The summed E-state index contributed by atoms with van der Waals surface area (Å²) in [5, 5.41) is 3.24. The molecule has 0 aromatic heterocycles. The smallest absolute Gasteiger partial charge is 0.306 e. The van der Waals surface area contributed by atoms with Crippen LogP contribution in [0.1, 0.15) is 336 Å². The van der Waals surface area contributed by atoms with Gasteiger partial charge in [-0.25, -0.2) is 0 Å². The SMILES string of the molecule is CCCCC/C=C\C/C=C\CCCCCCCC(=O)OCCCCCC(C(=O)NCCCCCCCC/C=C\CCCCCCCC)N(CCN(C)C)C(=O)CCCCC(=O)OC(CCCCCCCC)CCCCCCCC. The topological polar surface area (TPSA) is 105 Å². The molecule has 9 heteroatoms. The first-order valence-electron chi connectivity index (χ1n) is 34.2. The molecule has 0 heterocycles. The van der Waals surface area contributed by atoms with Gasteiger partial charge in [-0.3, -0.25) is 19.2 Å². The molecule has 0 saturated heterocycles. The van der Waals surface area contributed by atoms with Gasteiger partial charge in [-0.05, 0) is 143 Å². The maximum atomic E-state index is 14.2. The Kier molecular flexibility index (Phi) is 58.9. The number of carbonyl (C=O) groups excluding carboxylic acids is 4. The predicted octanol–water partition coefficient (Wildman–Crippen LogP) is 19.8. The lowest BCUT2D eigenvalue weighted by molar-refractivity contribution is -0.150. The Balaban J connectivity index is 5.23. The van der Waals surface area contributed by atoms with Crippen molar-refractivity contribution in [3.63, 3.8) is 0 Å². The second-order valence-corrected chi connectivity index (χ2v) is 23.6. The summed E-state index contributed by atoms with van der Waals surface area (Å²) in [7, 11) is 4.00. The number of unbranched alkanes of at least 4 members (excludes halogenated alkanes) is 33. The van der Waals surface area contributed by atoms with Crippen molar-refractivity contribution in [1.82, 2.24) is 15.1 Å². The average Bonchev–Trinajstić information content (AvgIpc) is 3.44. The average molecular weight is 1110 g/mol. The molecule has 1 unspecified atom stereocenters. The van der Waals surface area contributed by atoms with Crippen LogP contribution >= 0.6 is 0 Å². The van der Waals surface area contributed by atoms with Gasteiger partial charge in [0.05, 0.1) is 6.61 Å². The molecule has 1 N–H and O–H groups in total. The summed E-state index contributed by atoms with van der Waals surface area (Å²) >= 11 is 0. The maximum absolute atomic E-state index is 14.2. The number of hydrogen-bond acceptors (Lipinski definition) is 7. The number of nitrogens with one attached hydrogen (secondary N) is 1. The van der Waals surface area contributed by atoms with E-state index in [1.165, 1.54) is 180 Å². The summed E-state index contributed by atoms with van der Waals surface area (Å²) in [5.41, 5.74) is 0. The van der Waals surface area contributed by atoms with Gasteiger partial charge in [0, 0.05) is 38.9 Å². The van der Waals surface area contributed by atoms with Crippen LogP contribution in [0.3, 0.4) is 0 Å². The minimum atomic E-state index is -0.572. The second-order valence-electron chi connectivity index (χ2n) is 23.6. The largest absolute Gasteiger partial charge is 0.466 e. The van der Waals surface area contributed by atoms with Crippen molar-refractivity contribution in [2.75, 3.05) is 40.3 Å². The Morgan fingerprint density at radius 1 is 0.405 bits per heavy atom. The van der Waals surface area contributed by atoms with Crippen LogP contribution in [0.5, 0.6) is 0 Å². The van der Waals surface area contributed by atoms with E-state index in [1.807, 2.05) is 19.0 Å². The van der Waals surface area contributed by atoms with Gasteiger partial charge in [-0.2, -0.15) is 0 Å². The fraction of sp³-hybridized carbons (Fsp3) is 0.857. The number of hydrogen-bond donors (Lipinski definition) is 1. The lowest BCUT2D eigenvalue weighted by atomic mass is 10.0. The second kappa shape index (κ2) is 61.1. The van der Waals surface area contributed by atoms with Crippen molar-refractivity contribution in [3.8, 4) is 0 Å². The summed E-state index contributed by atoms with van der Waals surface area (Å²) in [6, 6.07) is -0.572. The summed E-state index contributed by atoms with van der Waals surface area (Å²) < 4.78 is 11.8. The van der Waals surface area contributed by atoms with E-state index in [9.17, 15) is 19.2 Å². The van der Waals surface area contributed by atoms with E-state index >= 15 is 0 Å². The highest BCUT2D eigenvalue weighted by Gasteiger charge is 2.29. The lowest BCUT2D eigenvalue weighted by Crippen LogP contribution is -2.51. The number of rotatable bonds is 61. The Hall–Kier alpha value is -2.94. The highest BCUT2D eigenvalue weighted by atomic mass is 16.5. The molecule has 9 nitrogen and oxygen atoms in total. The van der Waals surface area contributed by atoms with Crippen LogP contribution in [-0.2, 0) is 28.7 Å².